The number of carboxylic acid groups (broad SMARTS) is 1. The van der Waals surface area contributed by atoms with Gasteiger partial charge >= 0.3 is 5.97 Å². The second-order valence-corrected chi connectivity index (χ2v) is 5.72. The van der Waals surface area contributed by atoms with E-state index in [9.17, 15) is 9.59 Å². The van der Waals surface area contributed by atoms with E-state index >= 15 is 0 Å². The number of hydrogen-bond acceptors (Lipinski definition) is 4. The van der Waals surface area contributed by atoms with E-state index in [1.807, 2.05) is 18.4 Å². The molecule has 2 rings (SSSR count). The van der Waals surface area contributed by atoms with Gasteiger partial charge in [-0.3, -0.25) is 14.5 Å². The second-order valence-electron chi connectivity index (χ2n) is 4.78. The van der Waals surface area contributed by atoms with Gasteiger partial charge in [0.1, 0.15) is 5.82 Å². The molecule has 2 heterocycles. The fourth-order valence-electron chi connectivity index (χ4n) is 1.91. The van der Waals surface area contributed by atoms with Crippen LogP contribution in [0.25, 0.3) is 0 Å². The lowest BCUT2D eigenvalue weighted by Crippen LogP contribution is -2.37. The van der Waals surface area contributed by atoms with Gasteiger partial charge in [-0.05, 0) is 30.0 Å². The average molecular weight is 304 g/mol. The van der Waals surface area contributed by atoms with Crippen molar-refractivity contribution >= 4 is 29.0 Å². The Labute approximate surface area is 126 Å². The maximum atomic E-state index is 12.6. The van der Waals surface area contributed by atoms with Gasteiger partial charge in [-0.15, -0.1) is 11.3 Å². The second kappa shape index (κ2) is 6.49. The third-order valence-electron chi connectivity index (χ3n) is 3.09. The third-order valence-corrected chi connectivity index (χ3v) is 3.95. The molecular weight excluding hydrogens is 288 g/mol. The van der Waals surface area contributed by atoms with Gasteiger partial charge in [-0.25, -0.2) is 4.98 Å². The topological polar surface area (TPSA) is 70.5 Å². The normalized spacial score (nSPS) is 11.9. The summed E-state index contributed by atoms with van der Waals surface area (Å²) in [7, 11) is 0. The molecule has 1 N–H and O–H groups in total. The summed E-state index contributed by atoms with van der Waals surface area (Å²) in [6.07, 6.45) is 1.60. The van der Waals surface area contributed by atoms with Crippen LogP contribution in [0.3, 0.4) is 0 Å². The molecule has 2 aromatic heterocycles. The summed E-state index contributed by atoms with van der Waals surface area (Å²) in [5.74, 6) is -1.33. The van der Waals surface area contributed by atoms with Gasteiger partial charge in [0.05, 0.1) is 10.8 Å². The first-order chi connectivity index (χ1) is 10.0. The van der Waals surface area contributed by atoms with E-state index in [1.165, 1.54) is 16.2 Å². The fourth-order valence-corrected chi connectivity index (χ4v) is 2.58. The summed E-state index contributed by atoms with van der Waals surface area (Å²) in [6.45, 7) is 3.52. The Morgan fingerprint density at radius 2 is 2.14 bits per heavy atom. The lowest BCUT2D eigenvalue weighted by molar-refractivity contribution is -0.140. The molecule has 0 spiro atoms. The quantitative estimate of drug-likeness (QED) is 0.922. The Hall–Kier alpha value is -2.21. The van der Waals surface area contributed by atoms with Crippen molar-refractivity contribution in [2.24, 2.45) is 5.92 Å². The molecule has 1 amide bonds. The van der Waals surface area contributed by atoms with E-state index < -0.39 is 11.9 Å². The Bertz CT molecular complexity index is 640. The van der Waals surface area contributed by atoms with E-state index in [-0.39, 0.29) is 12.5 Å². The number of hydrogen-bond donors (Lipinski definition) is 1. The number of rotatable bonds is 5. The van der Waals surface area contributed by atoms with Gasteiger partial charge in [0, 0.05) is 12.7 Å². The number of anilines is 1. The minimum atomic E-state index is -0.937. The molecule has 0 radical (unpaired) electrons. The van der Waals surface area contributed by atoms with Crippen molar-refractivity contribution in [3.8, 4) is 0 Å². The van der Waals surface area contributed by atoms with Crippen LogP contribution < -0.4 is 4.90 Å². The van der Waals surface area contributed by atoms with Crippen LogP contribution in [0.5, 0.6) is 0 Å². The lowest BCUT2D eigenvalue weighted by atomic mass is 10.1. The van der Waals surface area contributed by atoms with E-state index in [4.69, 9.17) is 5.11 Å². The van der Waals surface area contributed by atoms with E-state index in [0.717, 1.165) is 5.56 Å². The summed E-state index contributed by atoms with van der Waals surface area (Å²) >= 11 is 1.33. The zero-order valence-electron chi connectivity index (χ0n) is 11.8. The highest BCUT2D eigenvalue weighted by Gasteiger charge is 2.25. The van der Waals surface area contributed by atoms with Gasteiger partial charge in [0.25, 0.3) is 5.91 Å². The highest BCUT2D eigenvalue weighted by Crippen LogP contribution is 2.22. The molecule has 0 aliphatic carbocycles. The highest BCUT2D eigenvalue weighted by molar-refractivity contribution is 7.12. The fraction of sp³-hybridized carbons (Fsp3) is 0.267. The van der Waals surface area contributed by atoms with Crippen LogP contribution in [0.2, 0.25) is 0 Å². The first-order valence-electron chi connectivity index (χ1n) is 6.50. The predicted molar refractivity (Wildman–Crippen MR) is 81.8 cm³/mol. The molecule has 5 nitrogen and oxygen atoms in total. The number of amides is 1. The number of thiophene rings is 1. The van der Waals surface area contributed by atoms with Gasteiger partial charge in [0.15, 0.2) is 0 Å². The average Bonchev–Trinajstić information content (AvgIpc) is 2.98. The lowest BCUT2D eigenvalue weighted by Gasteiger charge is -2.24. The van der Waals surface area contributed by atoms with Crippen LogP contribution in [0.4, 0.5) is 5.82 Å². The number of aryl methyl sites for hydroxylation is 1. The number of carboxylic acids is 1. The predicted octanol–water partition coefficient (Wildman–Crippen LogP) is 2.82. The van der Waals surface area contributed by atoms with Gasteiger partial charge in [-0.2, -0.15) is 0 Å². The first kappa shape index (κ1) is 15.2. The van der Waals surface area contributed by atoms with E-state index in [1.54, 1.807) is 31.3 Å². The highest BCUT2D eigenvalue weighted by atomic mass is 32.1. The molecular formula is C15H16N2O3S. The molecule has 6 heteroatoms. The monoisotopic (exact) mass is 304 g/mol. The minimum Gasteiger partial charge on any atom is -0.481 e. The Balaban J connectivity index is 2.37. The summed E-state index contributed by atoms with van der Waals surface area (Å²) in [5, 5.41) is 10.9. The number of aliphatic carboxylic acids is 1. The largest absolute Gasteiger partial charge is 0.481 e. The van der Waals surface area contributed by atoms with Crippen LogP contribution in [0.1, 0.15) is 22.2 Å². The number of nitrogens with zero attached hydrogens (tertiary/aromatic N) is 2. The summed E-state index contributed by atoms with van der Waals surface area (Å²) in [5.41, 5.74) is 0.833. The first-order valence-corrected chi connectivity index (χ1v) is 7.38. The number of pyridine rings is 1. The van der Waals surface area contributed by atoms with Crippen LogP contribution in [0.15, 0.2) is 35.8 Å². The zero-order valence-corrected chi connectivity index (χ0v) is 12.6. The molecule has 0 saturated heterocycles. The SMILES string of the molecule is Cc1cccnc1N(CC(C)C(=O)O)C(=O)c1cccs1. The van der Waals surface area contributed by atoms with Crippen molar-refractivity contribution in [3.05, 3.63) is 46.3 Å². The number of carbonyl (C=O) groups is 2. The third kappa shape index (κ3) is 3.46. The van der Waals surface area contributed by atoms with Crippen LogP contribution >= 0.6 is 11.3 Å². The maximum absolute atomic E-state index is 12.6. The zero-order chi connectivity index (χ0) is 15.4. The Kier molecular flexibility index (Phi) is 4.70. The van der Waals surface area contributed by atoms with Gasteiger partial charge < -0.3 is 5.11 Å². The van der Waals surface area contributed by atoms with Gasteiger partial charge in [0.2, 0.25) is 0 Å². The Morgan fingerprint density at radius 1 is 1.38 bits per heavy atom. The molecule has 0 aromatic carbocycles. The molecule has 110 valence electrons. The molecule has 0 aliphatic heterocycles. The van der Waals surface area contributed by atoms with Crippen molar-refractivity contribution in [1.82, 2.24) is 4.98 Å². The molecule has 0 aliphatic rings. The van der Waals surface area contributed by atoms with Crippen molar-refractivity contribution < 1.29 is 14.7 Å². The van der Waals surface area contributed by atoms with E-state index in [0.29, 0.717) is 10.7 Å². The molecule has 0 fully saturated rings. The van der Waals surface area contributed by atoms with Crippen molar-refractivity contribution in [1.29, 1.82) is 0 Å². The van der Waals surface area contributed by atoms with E-state index in [2.05, 4.69) is 4.98 Å². The Morgan fingerprint density at radius 3 is 2.71 bits per heavy atom. The molecule has 1 atom stereocenters. The van der Waals surface area contributed by atoms with Crippen molar-refractivity contribution in [2.45, 2.75) is 13.8 Å². The smallest absolute Gasteiger partial charge is 0.308 e. The maximum Gasteiger partial charge on any atom is 0.308 e. The number of aromatic nitrogens is 1. The minimum absolute atomic E-state index is 0.0872. The molecule has 2 aromatic rings. The van der Waals surface area contributed by atoms with Crippen LogP contribution in [-0.2, 0) is 4.79 Å². The van der Waals surface area contributed by atoms with Crippen molar-refractivity contribution in [3.63, 3.8) is 0 Å². The van der Waals surface area contributed by atoms with Crippen LogP contribution in [-0.4, -0.2) is 28.5 Å². The molecule has 0 bridgehead atoms. The summed E-state index contributed by atoms with van der Waals surface area (Å²) in [6, 6.07) is 7.15. The van der Waals surface area contributed by atoms with Crippen LogP contribution in [0, 0.1) is 12.8 Å². The summed E-state index contributed by atoms with van der Waals surface area (Å²) < 4.78 is 0. The number of carbonyl (C=O) groups excluding carboxylic acids is 1. The molecule has 0 saturated carbocycles. The summed E-state index contributed by atoms with van der Waals surface area (Å²) in [4.78, 5) is 30.0. The van der Waals surface area contributed by atoms with Gasteiger partial charge in [-0.1, -0.05) is 19.1 Å². The molecule has 21 heavy (non-hydrogen) atoms. The molecule has 1 unspecified atom stereocenters. The van der Waals surface area contributed by atoms with Crippen molar-refractivity contribution in [2.75, 3.05) is 11.4 Å². The standard InChI is InChI=1S/C15H16N2O3S/c1-10-5-3-7-16-13(10)17(9-11(2)15(19)20)14(18)12-6-4-8-21-12/h3-8,11H,9H2,1-2H3,(H,19,20).